The Morgan fingerprint density at radius 3 is 2.21 bits per heavy atom. The second-order valence-corrected chi connectivity index (χ2v) is 12.9. The maximum Gasteiger partial charge on any atom is 0.349 e. The highest BCUT2D eigenvalue weighted by Gasteiger charge is 2.58. The molecule has 4 aliphatic carbocycles. The van der Waals surface area contributed by atoms with Crippen LogP contribution in [-0.2, 0) is 4.79 Å². The third-order valence-corrected chi connectivity index (χ3v) is 10.1. The average Bonchev–Trinajstić information content (AvgIpc) is 3.15. The van der Waals surface area contributed by atoms with Crippen molar-refractivity contribution in [1.29, 1.82) is 0 Å². The number of amides is 2. The van der Waals surface area contributed by atoms with Gasteiger partial charge in [-0.2, -0.15) is 0 Å². The van der Waals surface area contributed by atoms with Crippen LogP contribution in [0.15, 0.2) is 0 Å². The number of nitrogens with two attached hydrogens (primary N) is 2. The van der Waals surface area contributed by atoms with Crippen molar-refractivity contribution in [2.75, 3.05) is 6.54 Å². The first-order chi connectivity index (χ1) is 15.9. The summed E-state index contributed by atoms with van der Waals surface area (Å²) in [7, 11) is 0. The number of urea groups is 1. The number of hydrogen-bond donors (Lipinski definition) is 2. The van der Waals surface area contributed by atoms with Gasteiger partial charge in [-0.1, -0.05) is 34.1 Å². The zero-order chi connectivity index (χ0) is 25.4. The van der Waals surface area contributed by atoms with Crippen molar-refractivity contribution >= 4 is 11.8 Å². The van der Waals surface area contributed by atoms with Crippen LogP contribution >= 0.6 is 0 Å². The molecular weight excluding hydrogens is 424 g/mol. The van der Waals surface area contributed by atoms with E-state index in [0.29, 0.717) is 5.92 Å². The van der Waals surface area contributed by atoms with Gasteiger partial charge >= 0.3 is 6.03 Å². The van der Waals surface area contributed by atoms with E-state index in [1.807, 2.05) is 34.6 Å². The molecule has 0 aromatic heterocycles. The second kappa shape index (κ2) is 10.5. The van der Waals surface area contributed by atoms with Gasteiger partial charge in [0, 0.05) is 5.92 Å². The summed E-state index contributed by atoms with van der Waals surface area (Å²) in [6.45, 7) is 14.3. The standard InChI is InChI=1S/C26H46N4O2.C2H6/c1-16-6-8-18-17(14-16)7-9-20-19(18)12-13-26(5)21(20)10-11-22(26)23(31)15-29(27)24(32)30(28)25(2,3)4;1-2/h16-22H,6-15,27-28H2,1-5H3;1-2H3. The van der Waals surface area contributed by atoms with Crippen LogP contribution < -0.4 is 11.7 Å². The number of ketones is 1. The normalized spacial score (nSPS) is 39.0. The summed E-state index contributed by atoms with van der Waals surface area (Å²) < 4.78 is 0. The fourth-order valence-electron chi connectivity index (χ4n) is 8.39. The molecule has 0 radical (unpaired) electrons. The lowest BCUT2D eigenvalue weighted by atomic mass is 9.49. The van der Waals surface area contributed by atoms with E-state index >= 15 is 0 Å². The first-order valence-electron chi connectivity index (χ1n) is 14.1. The van der Waals surface area contributed by atoms with Crippen LogP contribution in [0, 0.1) is 46.8 Å². The Morgan fingerprint density at radius 2 is 1.56 bits per heavy atom. The molecular formula is C28H52N4O2. The molecule has 34 heavy (non-hydrogen) atoms. The molecule has 4 saturated carbocycles. The third kappa shape index (κ3) is 5.04. The molecule has 8 atom stereocenters. The number of fused-ring (bicyclic) bond motifs is 5. The third-order valence-electron chi connectivity index (χ3n) is 10.1. The highest BCUT2D eigenvalue weighted by atomic mass is 16.2. The average molecular weight is 477 g/mol. The van der Waals surface area contributed by atoms with Crippen LogP contribution in [0.1, 0.15) is 106 Å². The Morgan fingerprint density at radius 1 is 0.912 bits per heavy atom. The summed E-state index contributed by atoms with van der Waals surface area (Å²) in [6, 6.07) is -0.501. The smallest absolute Gasteiger partial charge is 0.297 e. The van der Waals surface area contributed by atoms with Crippen LogP contribution in [-0.4, -0.2) is 33.9 Å². The molecule has 4 N–H and O–H groups in total. The molecule has 0 aliphatic heterocycles. The summed E-state index contributed by atoms with van der Waals surface area (Å²) >= 11 is 0. The van der Waals surface area contributed by atoms with E-state index in [4.69, 9.17) is 11.7 Å². The first kappa shape index (κ1) is 27.4. The van der Waals surface area contributed by atoms with E-state index in [0.717, 1.165) is 58.9 Å². The predicted octanol–water partition coefficient (Wildman–Crippen LogP) is 5.76. The molecule has 4 rings (SSSR count). The molecule has 6 nitrogen and oxygen atoms in total. The van der Waals surface area contributed by atoms with Gasteiger partial charge in [-0.3, -0.25) is 14.8 Å². The maximum atomic E-state index is 13.4. The number of nitrogens with zero attached hydrogens (tertiary/aromatic N) is 2. The van der Waals surface area contributed by atoms with Crippen molar-refractivity contribution < 1.29 is 9.59 Å². The zero-order valence-electron chi connectivity index (χ0n) is 23.0. The van der Waals surface area contributed by atoms with E-state index in [-0.39, 0.29) is 23.7 Å². The van der Waals surface area contributed by atoms with Crippen LogP contribution in [0.5, 0.6) is 0 Å². The fraction of sp³-hybridized carbons (Fsp3) is 0.929. The minimum atomic E-state index is -0.545. The molecule has 0 spiro atoms. The van der Waals surface area contributed by atoms with E-state index in [1.165, 1.54) is 38.5 Å². The monoisotopic (exact) mass is 476 g/mol. The highest BCUT2D eigenvalue weighted by Crippen LogP contribution is 2.64. The van der Waals surface area contributed by atoms with Crippen molar-refractivity contribution in [3.8, 4) is 0 Å². The quantitative estimate of drug-likeness (QED) is 0.308. The van der Waals surface area contributed by atoms with E-state index in [9.17, 15) is 9.59 Å². The van der Waals surface area contributed by atoms with Crippen molar-refractivity contribution in [2.45, 2.75) is 112 Å². The van der Waals surface area contributed by atoms with Crippen LogP contribution in [0.2, 0.25) is 0 Å². The largest absolute Gasteiger partial charge is 0.349 e. The van der Waals surface area contributed by atoms with Crippen molar-refractivity contribution in [3.05, 3.63) is 0 Å². The van der Waals surface area contributed by atoms with Gasteiger partial charge in [0.1, 0.15) is 0 Å². The van der Waals surface area contributed by atoms with Gasteiger partial charge in [-0.05, 0) is 113 Å². The zero-order valence-corrected chi connectivity index (χ0v) is 23.0. The lowest BCUT2D eigenvalue weighted by Gasteiger charge is -2.56. The van der Waals surface area contributed by atoms with E-state index in [1.54, 1.807) is 0 Å². The lowest BCUT2D eigenvalue weighted by molar-refractivity contribution is -0.131. The van der Waals surface area contributed by atoms with Crippen molar-refractivity contribution in [3.63, 3.8) is 0 Å². The Bertz CT molecular complexity index is 734. The van der Waals surface area contributed by atoms with Crippen LogP contribution in [0.3, 0.4) is 0 Å². The number of rotatable bonds is 3. The SMILES string of the molecule is CC.CC1CCC2C(CCC3C2CCC2(C)C(C(=O)CN(N)C(=O)N(N)C(C)(C)C)CCC32)C1. The number of Topliss-reactive ketones (excluding diaryl/α,β-unsaturated/α-hetero) is 1. The number of hydrogen-bond acceptors (Lipinski definition) is 4. The topological polar surface area (TPSA) is 92.7 Å². The number of carbonyl (C=O) groups is 2. The van der Waals surface area contributed by atoms with E-state index < -0.39 is 11.6 Å². The van der Waals surface area contributed by atoms with Crippen LogP contribution in [0.4, 0.5) is 4.79 Å². The molecule has 4 fully saturated rings. The second-order valence-electron chi connectivity index (χ2n) is 12.9. The summed E-state index contributed by atoms with van der Waals surface area (Å²) in [4.78, 5) is 26.0. The van der Waals surface area contributed by atoms with Gasteiger partial charge in [-0.25, -0.2) is 16.5 Å². The molecule has 0 aromatic carbocycles. The van der Waals surface area contributed by atoms with Crippen molar-refractivity contribution in [2.24, 2.45) is 58.5 Å². The van der Waals surface area contributed by atoms with E-state index in [2.05, 4.69) is 13.8 Å². The fourth-order valence-corrected chi connectivity index (χ4v) is 8.39. The van der Waals surface area contributed by atoms with Crippen molar-refractivity contribution in [1.82, 2.24) is 10.0 Å². The number of hydrazine groups is 2. The Kier molecular flexibility index (Phi) is 8.44. The predicted molar refractivity (Wildman–Crippen MR) is 138 cm³/mol. The highest BCUT2D eigenvalue weighted by molar-refractivity contribution is 5.87. The van der Waals surface area contributed by atoms with Gasteiger partial charge in [-0.15, -0.1) is 0 Å². The Hall–Kier alpha value is -1.14. The van der Waals surface area contributed by atoms with Gasteiger partial charge in [0.25, 0.3) is 0 Å². The van der Waals surface area contributed by atoms with Crippen LogP contribution in [0.25, 0.3) is 0 Å². The summed E-state index contributed by atoms with van der Waals surface area (Å²) in [5.74, 6) is 17.2. The first-order valence-corrected chi connectivity index (χ1v) is 14.1. The minimum absolute atomic E-state index is 0.0114. The summed E-state index contributed by atoms with van der Waals surface area (Å²) in [6.07, 6.45) is 11.5. The molecule has 2 amide bonds. The van der Waals surface area contributed by atoms with Gasteiger partial charge in [0.05, 0.1) is 12.1 Å². The molecule has 0 heterocycles. The molecule has 0 aromatic rings. The molecule has 0 bridgehead atoms. The van der Waals surface area contributed by atoms with Gasteiger partial charge in [0.15, 0.2) is 5.78 Å². The molecule has 0 saturated heterocycles. The summed E-state index contributed by atoms with van der Waals surface area (Å²) in [5.41, 5.74) is -0.486. The Labute approximate surface area is 208 Å². The molecule has 4 aliphatic rings. The van der Waals surface area contributed by atoms with Gasteiger partial charge in [0.2, 0.25) is 0 Å². The number of carbonyl (C=O) groups excluding carboxylic acids is 2. The molecule has 6 heteroatoms. The molecule has 8 unspecified atom stereocenters. The van der Waals surface area contributed by atoms with Gasteiger partial charge < -0.3 is 0 Å². The summed E-state index contributed by atoms with van der Waals surface area (Å²) in [5, 5.41) is 2.14. The maximum absolute atomic E-state index is 13.4. The molecule has 196 valence electrons. The minimum Gasteiger partial charge on any atom is -0.297 e. The Balaban J connectivity index is 0.00000158. The lowest BCUT2D eigenvalue weighted by Crippen LogP contribution is -2.59.